The van der Waals surface area contributed by atoms with Crippen LogP contribution in [0.3, 0.4) is 0 Å². The van der Waals surface area contributed by atoms with E-state index in [-0.39, 0.29) is 0 Å². The number of rotatable bonds is 16. The van der Waals surface area contributed by atoms with Gasteiger partial charge in [0.25, 0.3) is 0 Å². The number of nitrogens with zero attached hydrogens (tertiary/aromatic N) is 12. The van der Waals surface area contributed by atoms with E-state index in [2.05, 4.69) is 463 Å². The zero-order valence-corrected chi connectivity index (χ0v) is 79.7. The van der Waals surface area contributed by atoms with Crippen molar-refractivity contribution < 1.29 is 0 Å². The Morgan fingerprint density at radius 1 is 0.102 bits per heavy atom. The van der Waals surface area contributed by atoms with Gasteiger partial charge in [0.15, 0.2) is 52.4 Å². The third-order valence-electron chi connectivity index (χ3n) is 27.8. The highest BCUT2D eigenvalue weighted by Crippen LogP contribution is 2.46. The van der Waals surface area contributed by atoms with Gasteiger partial charge in [-0.1, -0.05) is 449 Å². The minimum Gasteiger partial charge on any atom is -0.309 e. The second kappa shape index (κ2) is 38.2. The van der Waals surface area contributed by atoms with Crippen LogP contribution in [0.1, 0.15) is 0 Å². The molecule has 12 nitrogen and oxygen atoms in total. The van der Waals surface area contributed by atoms with E-state index in [4.69, 9.17) is 44.9 Å². The van der Waals surface area contributed by atoms with Crippen molar-refractivity contribution in [2.75, 3.05) is 0 Å². The summed E-state index contributed by atoms with van der Waals surface area (Å²) in [6, 6.07) is 186. The normalized spacial score (nSPS) is 11.4. The number of fused-ring (bicyclic) bond motifs is 12. The smallest absolute Gasteiger partial charge is 0.164 e. The van der Waals surface area contributed by atoms with Crippen molar-refractivity contribution in [1.29, 1.82) is 0 Å². The number of hydrogen-bond donors (Lipinski definition) is 0. The summed E-state index contributed by atoms with van der Waals surface area (Å²) in [6.07, 6.45) is 0. The van der Waals surface area contributed by atoms with E-state index in [1.807, 2.05) is 84.9 Å². The van der Waals surface area contributed by atoms with Crippen LogP contribution in [0.25, 0.3) is 262 Å². The van der Waals surface area contributed by atoms with E-state index >= 15 is 0 Å². The molecule has 0 saturated heterocycles. The average Bonchev–Trinajstić information content (AvgIpc) is 1.60. The molecule has 28 aromatic rings. The van der Waals surface area contributed by atoms with Gasteiger partial charge in [-0.3, -0.25) is 0 Å². The van der Waals surface area contributed by atoms with Gasteiger partial charge in [-0.2, -0.15) is 0 Å². The Hall–Kier alpha value is -20.0. The minimum atomic E-state index is 0.626. The van der Waals surface area contributed by atoms with E-state index in [9.17, 15) is 0 Å². The topological polar surface area (TPSA) is 131 Å². The first-order valence-corrected chi connectivity index (χ1v) is 49.5. The highest BCUT2D eigenvalue weighted by atomic mass is 15.1. The second-order valence-electron chi connectivity index (χ2n) is 36.5. The molecule has 0 aliphatic rings. The molecule has 0 saturated carbocycles. The van der Waals surface area contributed by atoms with Gasteiger partial charge in [-0.05, 0) is 146 Å². The van der Waals surface area contributed by atoms with Gasteiger partial charge in [0, 0.05) is 98.5 Å². The summed E-state index contributed by atoms with van der Waals surface area (Å²) in [7, 11) is 0. The zero-order valence-electron chi connectivity index (χ0n) is 79.7. The summed E-state index contributed by atoms with van der Waals surface area (Å²) in [4.78, 5) is 46.4. The molecular formula is C135H88N12. The molecular weight excluding hydrogens is 1790 g/mol. The molecule has 0 aliphatic carbocycles. The molecule has 12 heteroatoms. The molecule has 0 unspecified atom stereocenters. The van der Waals surface area contributed by atoms with Crippen LogP contribution in [-0.2, 0) is 0 Å². The molecule has 0 radical (unpaired) electrons. The van der Waals surface area contributed by atoms with Gasteiger partial charge in [0.05, 0.1) is 50.2 Å². The Morgan fingerprint density at radius 3 is 0.565 bits per heavy atom. The summed E-state index contributed by atoms with van der Waals surface area (Å²) >= 11 is 0. The van der Waals surface area contributed by atoms with Crippen LogP contribution in [0.2, 0.25) is 0 Å². The van der Waals surface area contributed by atoms with Crippen molar-refractivity contribution in [3.05, 3.63) is 534 Å². The molecule has 6 heterocycles. The molecule has 6 aromatic heterocycles. The fourth-order valence-corrected chi connectivity index (χ4v) is 21.0. The van der Waals surface area contributed by atoms with Crippen molar-refractivity contribution in [3.63, 3.8) is 0 Å². The maximum absolute atomic E-state index is 5.30. The lowest BCUT2D eigenvalue weighted by atomic mass is 9.97. The number of aromatic nitrogens is 12. The summed E-state index contributed by atoms with van der Waals surface area (Å²) in [5.74, 6) is 5.74. The monoisotopic (exact) mass is 1880 g/mol. The molecule has 0 N–H and O–H groups in total. The molecule has 0 aliphatic heterocycles. The molecule has 0 atom stereocenters. The fraction of sp³-hybridized carbons (Fsp3) is 0. The molecule has 0 spiro atoms. The lowest BCUT2D eigenvalue weighted by Crippen LogP contribution is -2.03. The molecule has 0 bridgehead atoms. The summed E-state index contributed by atoms with van der Waals surface area (Å²) in [6.45, 7) is 0. The largest absolute Gasteiger partial charge is 0.309 e. The number of benzene rings is 22. The van der Waals surface area contributed by atoms with E-state index < -0.39 is 0 Å². The Labute approximate surface area is 848 Å². The zero-order chi connectivity index (χ0) is 97.5. The predicted octanol–water partition coefficient (Wildman–Crippen LogP) is 34.0. The Morgan fingerprint density at radius 2 is 0.286 bits per heavy atom. The summed E-state index contributed by atoms with van der Waals surface area (Å²) in [5, 5.41) is 14.0. The third-order valence-corrected chi connectivity index (χ3v) is 27.8. The van der Waals surface area contributed by atoms with Crippen molar-refractivity contribution in [1.82, 2.24) is 58.6 Å². The SMILES string of the molecule is c1ccc(-c2cccc(-c3nc(-c4cccc(-c5ccccc5)c4)nc(-c4ccc(-n5c6ccccc6c6ccccc65)c5ccccc45)n3)c2)cc1.c1ccc(-c2ccccc2-c2nc(-c3ccccc3-c3ccccc3)nc(-c3ccc(-n4c5ccccc5c5ccccc54)c4ccccc34)n2)cc1.c1ccc(-c2nc(-c3ccccc3)nc(-c3ccc(-n4c5ccccc5c5ccccc54)c4ccccc34)n2)cc1. The van der Waals surface area contributed by atoms with E-state index in [1.54, 1.807) is 0 Å². The van der Waals surface area contributed by atoms with Gasteiger partial charge >= 0.3 is 0 Å². The van der Waals surface area contributed by atoms with Crippen LogP contribution >= 0.6 is 0 Å². The van der Waals surface area contributed by atoms with Crippen LogP contribution < -0.4 is 0 Å². The van der Waals surface area contributed by atoms with Crippen LogP contribution in [0, 0.1) is 0 Å². The number of para-hydroxylation sites is 6. The van der Waals surface area contributed by atoms with Gasteiger partial charge < -0.3 is 13.7 Å². The maximum Gasteiger partial charge on any atom is 0.164 e. The van der Waals surface area contributed by atoms with Crippen LogP contribution in [-0.4, -0.2) is 58.6 Å². The van der Waals surface area contributed by atoms with Crippen molar-refractivity contribution in [2.45, 2.75) is 0 Å². The van der Waals surface area contributed by atoms with Gasteiger partial charge in [0.2, 0.25) is 0 Å². The summed E-state index contributed by atoms with van der Waals surface area (Å²) in [5.41, 5.74) is 27.8. The fourth-order valence-electron chi connectivity index (χ4n) is 21.0. The molecule has 22 aromatic carbocycles. The second-order valence-corrected chi connectivity index (χ2v) is 36.5. The van der Waals surface area contributed by atoms with E-state index in [1.165, 1.54) is 65.4 Å². The molecule has 147 heavy (non-hydrogen) atoms. The Balaban J connectivity index is 0.000000113. The van der Waals surface area contributed by atoms with Gasteiger partial charge in [0.1, 0.15) is 0 Å². The predicted molar refractivity (Wildman–Crippen MR) is 606 cm³/mol. The lowest BCUT2D eigenvalue weighted by molar-refractivity contribution is 1.08. The lowest BCUT2D eigenvalue weighted by Gasteiger charge is -2.16. The van der Waals surface area contributed by atoms with Crippen molar-refractivity contribution >= 4 is 97.7 Å². The van der Waals surface area contributed by atoms with Crippen LogP contribution in [0.5, 0.6) is 0 Å². The van der Waals surface area contributed by atoms with Crippen LogP contribution in [0.15, 0.2) is 534 Å². The van der Waals surface area contributed by atoms with E-state index in [0.29, 0.717) is 52.4 Å². The van der Waals surface area contributed by atoms with Crippen molar-refractivity contribution in [2.24, 2.45) is 0 Å². The summed E-state index contributed by atoms with van der Waals surface area (Å²) < 4.78 is 7.13. The molecule has 0 fully saturated rings. The first kappa shape index (κ1) is 87.3. The van der Waals surface area contributed by atoms with Gasteiger partial charge in [-0.25, -0.2) is 44.9 Å². The third kappa shape index (κ3) is 16.4. The molecule has 0 amide bonds. The molecule has 28 rings (SSSR count). The van der Waals surface area contributed by atoms with Gasteiger partial charge in [-0.15, -0.1) is 0 Å². The first-order chi connectivity index (χ1) is 72.9. The highest BCUT2D eigenvalue weighted by molar-refractivity contribution is 6.15. The number of hydrogen-bond acceptors (Lipinski definition) is 9. The maximum atomic E-state index is 5.30. The minimum absolute atomic E-state index is 0.626. The quantitative estimate of drug-likeness (QED) is 0.0928. The Bertz CT molecular complexity index is 9460. The standard InChI is InChI=1S/2C49H32N4.C37H24N4/c1-3-17-33(18-4-1)35-21-7-11-27-41(35)47-50-48(42-28-12-8-22-36(42)34-19-5-2-6-20-34)52-49(51-47)43-31-32-46(38-24-10-9-23-37(38)43)53-44-29-15-13-25-39(44)40-26-14-16-30-45(40)53;1-3-15-33(16-4-1)35-19-13-21-37(31-35)47-50-48(38-22-14-20-36(32-38)34-17-5-2-6-18-34)52-49(51-47)43-29-30-46(40-24-8-7-23-39(40)43)53-44-27-11-9-25-41(44)42-26-10-12-28-45(42)53;1-3-13-25(14-4-1)35-38-36(26-15-5-2-6-16-26)40-37(39-35)31-23-24-34(28-18-8-7-17-27(28)31)41-32-21-11-9-19-29(32)30-20-10-12-22-33(30)41/h2*1-32H;1-24H. The van der Waals surface area contributed by atoms with E-state index in [0.717, 1.165) is 144 Å². The van der Waals surface area contributed by atoms with Crippen molar-refractivity contribution in [3.8, 4) is 164 Å². The average molecular weight is 1880 g/mol. The van der Waals surface area contributed by atoms with Crippen LogP contribution in [0.4, 0.5) is 0 Å². The Kier molecular flexibility index (Phi) is 22.7. The first-order valence-electron chi connectivity index (χ1n) is 49.5. The molecule has 688 valence electrons. The highest BCUT2D eigenvalue weighted by Gasteiger charge is 2.26.